The van der Waals surface area contributed by atoms with Crippen molar-refractivity contribution in [3.8, 4) is 0 Å². The van der Waals surface area contributed by atoms with Crippen LogP contribution in [0.15, 0.2) is 85.8 Å². The molecule has 78 heavy (non-hydrogen) atoms. The Balaban J connectivity index is 0.000000468. The fraction of sp³-hybridized carbons (Fsp3) is 0.667. The smallest absolute Gasteiger partial charge is 0.0358 e. The topological polar surface area (TPSA) is 73.0 Å². The lowest BCUT2D eigenvalue weighted by molar-refractivity contribution is 0.361. The Bertz CT molecular complexity index is 2180. The van der Waals surface area contributed by atoms with E-state index in [0.29, 0.717) is 0 Å². The molecule has 0 saturated carbocycles. The molecule has 4 N–H and O–H groups in total. The van der Waals surface area contributed by atoms with Gasteiger partial charge in [0.25, 0.3) is 0 Å². The van der Waals surface area contributed by atoms with Crippen molar-refractivity contribution in [3.05, 3.63) is 142 Å². The van der Waals surface area contributed by atoms with Gasteiger partial charge in [-0.05, 0) is 139 Å². The lowest BCUT2D eigenvalue weighted by Crippen LogP contribution is -2.28. The zero-order chi connectivity index (χ0) is 61.7. The number of hydrogen-bond acceptors (Lipinski definition) is 0. The van der Waals surface area contributed by atoms with E-state index in [0.717, 1.165) is 0 Å². The number of aromatic nitrogens is 6. The third-order valence-corrected chi connectivity index (χ3v) is 13.9. The normalized spacial score (nSPS) is 13.4. The summed E-state index contributed by atoms with van der Waals surface area (Å²) in [6, 6.07) is 15.4. The van der Waals surface area contributed by atoms with Crippen molar-refractivity contribution in [2.45, 2.75) is 314 Å². The Kier molecular flexibility index (Phi) is 23.2. The highest BCUT2D eigenvalue weighted by Gasteiger charge is 2.28. The van der Waals surface area contributed by atoms with Crippen molar-refractivity contribution in [1.29, 1.82) is 0 Å². The average molecular weight is 1080 g/mol. The fourth-order valence-electron chi connectivity index (χ4n) is 8.58. The Hall–Kier alpha value is -4.32. The summed E-state index contributed by atoms with van der Waals surface area (Å²) in [7, 11) is 0. The Morgan fingerprint density at radius 3 is 1.00 bits per heavy atom. The van der Waals surface area contributed by atoms with Crippen molar-refractivity contribution in [2.75, 3.05) is 0 Å². The monoisotopic (exact) mass is 1080 g/mol. The summed E-state index contributed by atoms with van der Waals surface area (Å²) >= 11 is 0. The number of rotatable bonds is 0. The van der Waals surface area contributed by atoms with Crippen LogP contribution >= 0.6 is 0 Å². The maximum absolute atomic E-state index is 3.49. The third kappa shape index (κ3) is 23.0. The standard InChI is InChI=1S/6C12H21N/c1-11(2,3)9-7-13-8-10(9)12(4,5)6;1-11(2,3)9-7-10(13-8-9)12(4,5)6;1-11(2,3)10-7-8-13(9-10)12(4,5)6;1-11(2,3)9-7-8-13-10(9)12(4,5)6;1-11(2,3)10-8-7-9-13(10)12(4,5)6;1-11(2,3)9-7-8-10(13-9)12(4,5)6/h2*7-8,13H,1-6H3;7-9H,1-6H3;7-8,13H,1-6H3;7-9H,1-6H3;7-8,13H,1-6H3. The summed E-state index contributed by atoms with van der Waals surface area (Å²) in [5, 5.41) is 0. The van der Waals surface area contributed by atoms with Crippen LogP contribution in [0.4, 0.5) is 0 Å². The molecule has 0 aliphatic heterocycles. The first kappa shape index (κ1) is 71.7. The molecule has 0 aliphatic carbocycles. The first-order valence-corrected chi connectivity index (χ1v) is 29.4. The molecule has 0 atom stereocenters. The summed E-state index contributed by atoms with van der Waals surface area (Å²) in [5.74, 6) is 0. The quantitative estimate of drug-likeness (QED) is 0.117. The maximum atomic E-state index is 3.49. The summed E-state index contributed by atoms with van der Waals surface area (Å²) in [6.07, 6.45) is 15.0. The van der Waals surface area contributed by atoms with Gasteiger partial charge in [0, 0.05) is 110 Å². The van der Waals surface area contributed by atoms with E-state index in [1.54, 1.807) is 0 Å². The lowest BCUT2D eigenvalue weighted by atomic mass is 9.78. The SMILES string of the molecule is CC(C)(C)c1c[nH]c(C(C)(C)C)c1.CC(C)(C)c1c[nH]cc1C(C)(C)C.CC(C)(C)c1cc[nH]c1C(C)(C)C.CC(C)(C)c1ccc(C(C)(C)C)[nH]1.CC(C)(C)c1cccn1C(C)(C)C.CC(C)(C)c1ccn(C(C)(C)C)c1. The van der Waals surface area contributed by atoms with Crippen molar-refractivity contribution in [3.63, 3.8) is 0 Å². The van der Waals surface area contributed by atoms with Gasteiger partial charge in [-0.15, -0.1) is 0 Å². The number of hydrogen-bond donors (Lipinski definition) is 4. The van der Waals surface area contributed by atoms with Crippen molar-refractivity contribution in [1.82, 2.24) is 29.1 Å². The number of aromatic amines is 4. The van der Waals surface area contributed by atoms with Crippen LogP contribution < -0.4 is 0 Å². The van der Waals surface area contributed by atoms with Gasteiger partial charge in [-0.25, -0.2) is 0 Å². The van der Waals surface area contributed by atoms with Crippen molar-refractivity contribution >= 4 is 0 Å². The van der Waals surface area contributed by atoms with E-state index in [1.165, 1.54) is 56.3 Å². The van der Waals surface area contributed by atoms with E-state index in [1.807, 2.05) is 6.20 Å². The maximum Gasteiger partial charge on any atom is 0.0358 e. The van der Waals surface area contributed by atoms with E-state index in [9.17, 15) is 0 Å². The minimum atomic E-state index is 0.187. The van der Waals surface area contributed by atoms with Crippen LogP contribution in [-0.4, -0.2) is 29.1 Å². The molecule has 444 valence electrons. The molecule has 6 heterocycles. The van der Waals surface area contributed by atoms with Crippen LogP contribution in [0.3, 0.4) is 0 Å². The van der Waals surface area contributed by atoms with Gasteiger partial charge in [0.05, 0.1) is 0 Å². The number of nitrogens with zero attached hydrogens (tertiary/aromatic N) is 2. The lowest BCUT2D eigenvalue weighted by Gasteiger charge is -2.30. The molecule has 6 aromatic rings. The van der Waals surface area contributed by atoms with E-state index in [-0.39, 0.29) is 65.2 Å². The van der Waals surface area contributed by atoms with Gasteiger partial charge < -0.3 is 29.1 Å². The molecule has 0 bridgehead atoms. The van der Waals surface area contributed by atoms with Gasteiger partial charge in [0.1, 0.15) is 0 Å². The average Bonchev–Trinajstić information content (AvgIpc) is 4.06. The molecule has 0 fully saturated rings. The zero-order valence-corrected chi connectivity index (χ0v) is 58.0. The molecule has 0 aromatic carbocycles. The third-order valence-electron chi connectivity index (χ3n) is 13.9. The molecule has 0 saturated heterocycles. The molecule has 6 heteroatoms. The van der Waals surface area contributed by atoms with Crippen LogP contribution in [0.25, 0.3) is 0 Å². The van der Waals surface area contributed by atoms with Crippen molar-refractivity contribution in [2.24, 2.45) is 0 Å². The van der Waals surface area contributed by atoms with Gasteiger partial charge >= 0.3 is 0 Å². The second-order valence-electron chi connectivity index (χ2n) is 34.5. The predicted octanol–water partition coefficient (Wildman–Crippen LogP) is 21.5. The summed E-state index contributed by atoms with van der Waals surface area (Å²) in [6.45, 7) is 80.7. The molecule has 6 rings (SSSR count). The number of H-pyrrole nitrogens is 4. The molecule has 0 radical (unpaired) electrons. The second-order valence-corrected chi connectivity index (χ2v) is 34.5. The minimum Gasteiger partial charge on any atom is -0.367 e. The summed E-state index contributed by atoms with van der Waals surface area (Å²) < 4.78 is 4.63. The Labute approximate surface area is 483 Å². The molecule has 0 spiro atoms. The highest BCUT2D eigenvalue weighted by molar-refractivity contribution is 5.35. The van der Waals surface area contributed by atoms with Crippen LogP contribution in [0.2, 0.25) is 0 Å². The zero-order valence-electron chi connectivity index (χ0n) is 58.0. The first-order chi connectivity index (χ1) is 34.3. The first-order valence-electron chi connectivity index (χ1n) is 29.4. The van der Waals surface area contributed by atoms with Gasteiger partial charge in [-0.2, -0.15) is 0 Å². The highest BCUT2D eigenvalue weighted by atomic mass is 15.0. The minimum absolute atomic E-state index is 0.187. The van der Waals surface area contributed by atoms with Gasteiger partial charge in [0.2, 0.25) is 0 Å². The molecular formula is C72H126N6. The Morgan fingerprint density at radius 2 is 0.756 bits per heavy atom. The van der Waals surface area contributed by atoms with Crippen LogP contribution in [0.1, 0.15) is 306 Å². The molecule has 6 aromatic heterocycles. The van der Waals surface area contributed by atoms with Crippen LogP contribution in [-0.2, 0) is 65.2 Å². The molecular weight excluding hydrogens is 949 g/mol. The van der Waals surface area contributed by atoms with Crippen LogP contribution in [0.5, 0.6) is 0 Å². The van der Waals surface area contributed by atoms with Gasteiger partial charge in [-0.1, -0.05) is 208 Å². The highest BCUT2D eigenvalue weighted by Crippen LogP contribution is 2.35. The van der Waals surface area contributed by atoms with Gasteiger partial charge in [0.15, 0.2) is 0 Å². The van der Waals surface area contributed by atoms with E-state index in [4.69, 9.17) is 0 Å². The van der Waals surface area contributed by atoms with Crippen molar-refractivity contribution < 1.29 is 0 Å². The fourth-order valence-corrected chi connectivity index (χ4v) is 8.58. The molecule has 0 amide bonds. The van der Waals surface area contributed by atoms with E-state index < -0.39 is 0 Å². The van der Waals surface area contributed by atoms with Gasteiger partial charge in [-0.3, -0.25) is 0 Å². The van der Waals surface area contributed by atoms with Crippen LogP contribution in [0, 0.1) is 0 Å². The van der Waals surface area contributed by atoms with E-state index in [2.05, 4.69) is 358 Å². The Morgan fingerprint density at radius 1 is 0.333 bits per heavy atom. The summed E-state index contributed by atoms with van der Waals surface area (Å²) in [4.78, 5) is 13.4. The molecule has 0 unspecified atom stereocenters. The largest absolute Gasteiger partial charge is 0.367 e. The van der Waals surface area contributed by atoms with E-state index >= 15 is 0 Å². The number of nitrogens with one attached hydrogen (secondary N) is 4. The summed E-state index contributed by atoms with van der Waals surface area (Å²) in [5.41, 5.74) is 16.5. The molecule has 6 nitrogen and oxygen atoms in total. The second kappa shape index (κ2) is 25.2. The molecule has 0 aliphatic rings. The predicted molar refractivity (Wildman–Crippen MR) is 349 cm³/mol.